The highest BCUT2D eigenvalue weighted by Gasteiger charge is 2.27. The molecule has 0 spiro atoms. The van der Waals surface area contributed by atoms with Gasteiger partial charge in [-0.1, -0.05) is 59.6 Å². The molecule has 0 bridgehead atoms. The number of ether oxygens (including phenoxy) is 1. The van der Waals surface area contributed by atoms with Crippen molar-refractivity contribution < 1.29 is 17.9 Å². The summed E-state index contributed by atoms with van der Waals surface area (Å²) in [6.07, 6.45) is 0. The van der Waals surface area contributed by atoms with Crippen LogP contribution in [0.2, 0.25) is 5.02 Å². The van der Waals surface area contributed by atoms with Crippen LogP contribution in [0.3, 0.4) is 0 Å². The molecule has 0 saturated heterocycles. The van der Waals surface area contributed by atoms with Crippen molar-refractivity contribution in [3.05, 3.63) is 94.5 Å². The topological polar surface area (TPSA) is 75.7 Å². The lowest BCUT2D eigenvalue weighted by Crippen LogP contribution is -2.41. The Kier molecular flexibility index (Phi) is 8.13. The molecular formula is C25H27ClN2O4S. The predicted octanol–water partition coefficient (Wildman–Crippen LogP) is 4.73. The van der Waals surface area contributed by atoms with Gasteiger partial charge in [0, 0.05) is 17.1 Å². The van der Waals surface area contributed by atoms with E-state index in [-0.39, 0.29) is 24.0 Å². The van der Waals surface area contributed by atoms with E-state index in [0.717, 1.165) is 16.7 Å². The SMILES string of the molecule is COc1ccccc1[C@H](C)NC(=O)CN(Cc1ccc(C)cc1)S(=O)(=O)c1ccc(Cl)cc1. The van der Waals surface area contributed by atoms with Gasteiger partial charge in [0.15, 0.2) is 0 Å². The van der Waals surface area contributed by atoms with Crippen molar-refractivity contribution in [1.29, 1.82) is 0 Å². The van der Waals surface area contributed by atoms with Crippen molar-refractivity contribution in [2.75, 3.05) is 13.7 Å². The van der Waals surface area contributed by atoms with Crippen LogP contribution in [0.15, 0.2) is 77.7 Å². The fraction of sp³-hybridized carbons (Fsp3) is 0.240. The van der Waals surface area contributed by atoms with E-state index >= 15 is 0 Å². The van der Waals surface area contributed by atoms with Gasteiger partial charge in [-0.3, -0.25) is 4.79 Å². The van der Waals surface area contributed by atoms with Crippen molar-refractivity contribution in [2.24, 2.45) is 0 Å². The summed E-state index contributed by atoms with van der Waals surface area (Å²) in [4.78, 5) is 13.0. The number of benzene rings is 3. The molecule has 0 aliphatic heterocycles. The van der Waals surface area contributed by atoms with E-state index in [0.29, 0.717) is 10.8 Å². The first-order valence-electron chi connectivity index (χ1n) is 10.4. The number of nitrogens with one attached hydrogen (secondary N) is 1. The van der Waals surface area contributed by atoms with E-state index in [2.05, 4.69) is 5.32 Å². The fourth-order valence-electron chi connectivity index (χ4n) is 3.43. The molecule has 0 aliphatic rings. The number of methoxy groups -OCH3 is 1. The number of hydrogen-bond donors (Lipinski definition) is 1. The lowest BCUT2D eigenvalue weighted by Gasteiger charge is -2.24. The molecule has 174 valence electrons. The summed E-state index contributed by atoms with van der Waals surface area (Å²) in [5, 5.41) is 3.32. The van der Waals surface area contributed by atoms with Gasteiger partial charge in [0.25, 0.3) is 0 Å². The van der Waals surface area contributed by atoms with Gasteiger partial charge in [0.1, 0.15) is 5.75 Å². The van der Waals surface area contributed by atoms with Crippen LogP contribution < -0.4 is 10.1 Å². The smallest absolute Gasteiger partial charge is 0.243 e. The molecule has 3 aromatic rings. The maximum Gasteiger partial charge on any atom is 0.243 e. The number of sulfonamides is 1. The first kappa shape index (κ1) is 24.8. The number of amides is 1. The zero-order chi connectivity index (χ0) is 24.0. The van der Waals surface area contributed by atoms with E-state index in [1.807, 2.05) is 62.4 Å². The maximum atomic E-state index is 13.4. The van der Waals surface area contributed by atoms with Gasteiger partial charge >= 0.3 is 0 Å². The Morgan fingerprint density at radius 1 is 1.03 bits per heavy atom. The summed E-state index contributed by atoms with van der Waals surface area (Å²) in [5.74, 6) is 0.230. The summed E-state index contributed by atoms with van der Waals surface area (Å²) in [7, 11) is -2.38. The monoisotopic (exact) mass is 486 g/mol. The van der Waals surface area contributed by atoms with Crippen LogP contribution in [-0.4, -0.2) is 32.3 Å². The van der Waals surface area contributed by atoms with E-state index in [4.69, 9.17) is 16.3 Å². The maximum absolute atomic E-state index is 13.4. The summed E-state index contributed by atoms with van der Waals surface area (Å²) >= 11 is 5.93. The zero-order valence-electron chi connectivity index (χ0n) is 18.8. The highest BCUT2D eigenvalue weighted by Crippen LogP contribution is 2.25. The minimum atomic E-state index is -3.95. The Bertz CT molecular complexity index is 1200. The zero-order valence-corrected chi connectivity index (χ0v) is 20.4. The lowest BCUT2D eigenvalue weighted by atomic mass is 10.1. The normalized spacial score (nSPS) is 12.4. The minimum Gasteiger partial charge on any atom is -0.496 e. The molecular weight excluding hydrogens is 460 g/mol. The van der Waals surface area contributed by atoms with E-state index in [1.165, 1.54) is 28.6 Å². The molecule has 3 aromatic carbocycles. The van der Waals surface area contributed by atoms with Gasteiger partial charge in [-0.15, -0.1) is 0 Å². The van der Waals surface area contributed by atoms with Crippen LogP contribution in [0.1, 0.15) is 29.7 Å². The second-order valence-corrected chi connectivity index (χ2v) is 10.1. The molecule has 0 heterocycles. The average Bonchev–Trinajstić information content (AvgIpc) is 2.80. The quantitative estimate of drug-likeness (QED) is 0.474. The number of nitrogens with zero attached hydrogens (tertiary/aromatic N) is 1. The molecule has 1 N–H and O–H groups in total. The second kappa shape index (κ2) is 10.8. The number of rotatable bonds is 9. The molecule has 8 heteroatoms. The lowest BCUT2D eigenvalue weighted by molar-refractivity contribution is -0.122. The van der Waals surface area contributed by atoms with Crippen molar-refractivity contribution in [1.82, 2.24) is 9.62 Å². The van der Waals surface area contributed by atoms with Crippen LogP contribution >= 0.6 is 11.6 Å². The van der Waals surface area contributed by atoms with E-state index in [1.54, 1.807) is 7.11 Å². The van der Waals surface area contributed by atoms with Crippen LogP contribution in [0.4, 0.5) is 0 Å². The second-order valence-electron chi connectivity index (χ2n) is 7.74. The third-order valence-corrected chi connectivity index (χ3v) is 7.29. The summed E-state index contributed by atoms with van der Waals surface area (Å²) in [6.45, 7) is 3.51. The first-order chi connectivity index (χ1) is 15.7. The van der Waals surface area contributed by atoms with Crippen molar-refractivity contribution in [3.8, 4) is 5.75 Å². The van der Waals surface area contributed by atoms with Gasteiger partial charge < -0.3 is 10.1 Å². The number of carbonyl (C=O) groups excluding carboxylic acids is 1. The molecule has 1 atom stereocenters. The highest BCUT2D eigenvalue weighted by molar-refractivity contribution is 7.89. The van der Waals surface area contributed by atoms with Gasteiger partial charge in [-0.2, -0.15) is 4.31 Å². The summed E-state index contributed by atoms with van der Waals surface area (Å²) < 4.78 is 33.3. The van der Waals surface area contributed by atoms with Crippen molar-refractivity contribution in [2.45, 2.75) is 31.3 Å². The molecule has 0 saturated carbocycles. The van der Waals surface area contributed by atoms with Crippen LogP contribution in [0.5, 0.6) is 5.75 Å². The van der Waals surface area contributed by atoms with E-state index < -0.39 is 15.9 Å². The first-order valence-corrected chi connectivity index (χ1v) is 12.3. The molecule has 0 radical (unpaired) electrons. The highest BCUT2D eigenvalue weighted by atomic mass is 35.5. The van der Waals surface area contributed by atoms with Gasteiger partial charge in [0.2, 0.25) is 15.9 Å². The third-order valence-electron chi connectivity index (χ3n) is 5.23. The number of aryl methyl sites for hydroxylation is 1. The van der Waals surface area contributed by atoms with E-state index in [9.17, 15) is 13.2 Å². The largest absolute Gasteiger partial charge is 0.496 e. The van der Waals surface area contributed by atoms with Crippen LogP contribution in [0.25, 0.3) is 0 Å². The number of hydrogen-bond acceptors (Lipinski definition) is 4. The molecule has 6 nitrogen and oxygen atoms in total. The Hall–Kier alpha value is -2.87. The Morgan fingerprint density at radius 2 is 1.67 bits per heavy atom. The number of halogens is 1. The Balaban J connectivity index is 1.84. The number of carbonyl (C=O) groups is 1. The number of para-hydroxylation sites is 1. The van der Waals surface area contributed by atoms with Gasteiger partial charge in [-0.05, 0) is 49.7 Å². The van der Waals surface area contributed by atoms with Crippen molar-refractivity contribution in [3.63, 3.8) is 0 Å². The molecule has 0 aliphatic carbocycles. The Labute approximate surface area is 200 Å². The molecule has 0 unspecified atom stereocenters. The van der Waals surface area contributed by atoms with Crippen LogP contribution in [0, 0.1) is 6.92 Å². The minimum absolute atomic E-state index is 0.0572. The van der Waals surface area contributed by atoms with Crippen LogP contribution in [-0.2, 0) is 21.4 Å². The predicted molar refractivity (Wildman–Crippen MR) is 130 cm³/mol. The Morgan fingerprint density at radius 3 is 2.30 bits per heavy atom. The molecule has 33 heavy (non-hydrogen) atoms. The summed E-state index contributed by atoms with van der Waals surface area (Å²) in [6, 6.07) is 20.4. The van der Waals surface area contributed by atoms with Gasteiger partial charge in [-0.25, -0.2) is 8.42 Å². The van der Waals surface area contributed by atoms with Gasteiger partial charge in [0.05, 0.1) is 24.6 Å². The molecule has 1 amide bonds. The standard InChI is InChI=1S/C25H27ClN2O4S/c1-18-8-10-20(11-9-18)16-28(33(30,31)22-14-12-21(26)13-15-22)17-25(29)27-19(2)23-6-4-5-7-24(23)32-3/h4-15,19H,16-17H2,1-3H3,(H,27,29)/t19-/m0/s1. The average molecular weight is 487 g/mol. The third kappa shape index (κ3) is 6.35. The fourth-order valence-corrected chi connectivity index (χ4v) is 4.94. The molecule has 3 rings (SSSR count). The molecule has 0 fully saturated rings. The summed E-state index contributed by atoms with van der Waals surface area (Å²) in [5.41, 5.74) is 2.65. The van der Waals surface area contributed by atoms with Crippen molar-refractivity contribution >= 4 is 27.5 Å². The molecule has 0 aromatic heterocycles.